The second kappa shape index (κ2) is 11.5. The van der Waals surface area contributed by atoms with Crippen LogP contribution in [0.5, 0.6) is 5.75 Å². The Labute approximate surface area is 200 Å². The molecule has 1 N–H and O–H groups in total. The molecule has 1 fully saturated rings. The van der Waals surface area contributed by atoms with Gasteiger partial charge < -0.3 is 19.4 Å². The van der Waals surface area contributed by atoms with Crippen molar-refractivity contribution in [2.45, 2.75) is 25.9 Å². The van der Waals surface area contributed by atoms with Gasteiger partial charge in [-0.2, -0.15) is 0 Å². The zero-order chi connectivity index (χ0) is 23.8. The summed E-state index contributed by atoms with van der Waals surface area (Å²) in [4.78, 5) is 30.2. The Morgan fingerprint density at radius 3 is 2.32 bits per heavy atom. The molecule has 0 aliphatic carbocycles. The van der Waals surface area contributed by atoms with Gasteiger partial charge in [-0.3, -0.25) is 14.5 Å². The van der Waals surface area contributed by atoms with Crippen LogP contribution in [0.3, 0.4) is 0 Å². The van der Waals surface area contributed by atoms with Crippen molar-refractivity contribution in [3.63, 3.8) is 0 Å². The summed E-state index contributed by atoms with van der Waals surface area (Å²) in [6.45, 7) is 6.27. The molecule has 178 valence electrons. The first kappa shape index (κ1) is 23.6. The molecule has 7 nitrogen and oxygen atoms in total. The predicted molar refractivity (Wildman–Crippen MR) is 130 cm³/mol. The predicted octanol–water partition coefficient (Wildman–Crippen LogP) is 3.36. The van der Waals surface area contributed by atoms with Crippen LogP contribution in [0, 0.1) is 0 Å². The molecule has 1 aromatic heterocycles. The zero-order valence-corrected chi connectivity index (χ0v) is 19.5. The summed E-state index contributed by atoms with van der Waals surface area (Å²) >= 11 is 0. The molecular formula is C27H31N3O4. The number of hydrogen-bond donors (Lipinski definition) is 1. The number of amides is 2. The molecule has 3 aromatic rings. The molecule has 2 heterocycles. The molecule has 1 saturated heterocycles. The molecule has 0 bridgehead atoms. The first-order chi connectivity index (χ1) is 16.6. The third-order valence-electron chi connectivity index (χ3n) is 5.96. The highest BCUT2D eigenvalue weighted by Gasteiger charge is 2.29. The molecule has 1 atom stereocenters. The average Bonchev–Trinajstić information content (AvgIpc) is 3.41. The lowest BCUT2D eigenvalue weighted by molar-refractivity contribution is -0.135. The lowest BCUT2D eigenvalue weighted by atomic mass is 10.0. The largest absolute Gasteiger partial charge is 0.494 e. The molecule has 0 saturated carbocycles. The van der Waals surface area contributed by atoms with Gasteiger partial charge in [-0.1, -0.05) is 42.5 Å². The lowest BCUT2D eigenvalue weighted by Crippen LogP contribution is -2.55. The van der Waals surface area contributed by atoms with E-state index in [1.54, 1.807) is 12.1 Å². The fourth-order valence-electron chi connectivity index (χ4n) is 4.15. The number of benzene rings is 2. The minimum atomic E-state index is -0.655. The Morgan fingerprint density at radius 2 is 1.68 bits per heavy atom. The number of hydrogen-bond acceptors (Lipinski definition) is 5. The second-order valence-electron chi connectivity index (χ2n) is 8.37. The zero-order valence-electron chi connectivity index (χ0n) is 19.5. The van der Waals surface area contributed by atoms with Crippen LogP contribution in [0.25, 0.3) is 0 Å². The maximum atomic E-state index is 13.4. The number of ether oxygens (including phenoxy) is 1. The van der Waals surface area contributed by atoms with E-state index in [-0.39, 0.29) is 17.6 Å². The second-order valence-corrected chi connectivity index (χ2v) is 8.37. The third-order valence-corrected chi connectivity index (χ3v) is 5.96. The van der Waals surface area contributed by atoms with Gasteiger partial charge in [-0.15, -0.1) is 0 Å². The normalized spacial score (nSPS) is 15.0. The van der Waals surface area contributed by atoms with Crippen molar-refractivity contribution >= 4 is 11.8 Å². The van der Waals surface area contributed by atoms with Crippen molar-refractivity contribution in [2.24, 2.45) is 0 Å². The molecule has 0 radical (unpaired) electrons. The van der Waals surface area contributed by atoms with E-state index in [4.69, 9.17) is 9.15 Å². The maximum absolute atomic E-state index is 13.4. The first-order valence-corrected chi connectivity index (χ1v) is 11.7. The Balaban J connectivity index is 1.36. The summed E-state index contributed by atoms with van der Waals surface area (Å²) in [5.74, 6) is 0.631. The number of carbonyl (C=O) groups is 2. The topological polar surface area (TPSA) is 75.0 Å². The number of carbonyl (C=O) groups excluding carboxylic acids is 2. The van der Waals surface area contributed by atoms with E-state index in [0.717, 1.165) is 30.9 Å². The smallest absolute Gasteiger partial charge is 0.287 e. The van der Waals surface area contributed by atoms with Crippen molar-refractivity contribution in [1.29, 1.82) is 0 Å². The molecule has 1 aliphatic rings. The summed E-state index contributed by atoms with van der Waals surface area (Å²) in [7, 11) is 0. The van der Waals surface area contributed by atoms with E-state index < -0.39 is 6.04 Å². The maximum Gasteiger partial charge on any atom is 0.287 e. The highest BCUT2D eigenvalue weighted by molar-refractivity contribution is 5.95. The number of nitrogens with zero attached hydrogens (tertiary/aromatic N) is 2. The van der Waals surface area contributed by atoms with Crippen LogP contribution in [0.4, 0.5) is 0 Å². The van der Waals surface area contributed by atoms with E-state index in [1.165, 1.54) is 11.8 Å². The van der Waals surface area contributed by atoms with Crippen molar-refractivity contribution in [3.8, 4) is 5.75 Å². The van der Waals surface area contributed by atoms with Crippen LogP contribution in [0.1, 0.15) is 28.6 Å². The van der Waals surface area contributed by atoms with Crippen LogP contribution in [0.15, 0.2) is 77.4 Å². The molecule has 2 amide bonds. The van der Waals surface area contributed by atoms with Crippen molar-refractivity contribution in [3.05, 3.63) is 89.9 Å². The van der Waals surface area contributed by atoms with Crippen LogP contribution in [-0.4, -0.2) is 60.4 Å². The molecule has 0 spiro atoms. The fraction of sp³-hybridized carbons (Fsp3) is 0.333. The molecule has 2 aromatic carbocycles. The van der Waals surface area contributed by atoms with Crippen molar-refractivity contribution in [2.75, 3.05) is 32.8 Å². The van der Waals surface area contributed by atoms with Crippen molar-refractivity contribution in [1.82, 2.24) is 15.1 Å². The lowest BCUT2D eigenvalue weighted by Gasteiger charge is -2.36. The van der Waals surface area contributed by atoms with Gasteiger partial charge in [0.25, 0.3) is 5.91 Å². The Hall–Kier alpha value is -3.58. The SMILES string of the molecule is CCOc1ccc(CN2CCN(C(=O)[C@H](Cc3ccccc3)NC(=O)c3ccco3)CC2)cc1. The standard InChI is InChI=1S/C27H31N3O4/c1-2-33-23-12-10-22(11-13-23)20-29-14-16-30(17-15-29)27(32)24(19-21-7-4-3-5-8-21)28-26(31)25-9-6-18-34-25/h3-13,18,24H,2,14-17,19-20H2,1H3,(H,28,31)/t24-/m0/s1. The van der Waals surface area contributed by atoms with Crippen molar-refractivity contribution < 1.29 is 18.7 Å². The van der Waals surface area contributed by atoms with Gasteiger partial charge in [0, 0.05) is 39.1 Å². The highest BCUT2D eigenvalue weighted by atomic mass is 16.5. The summed E-state index contributed by atoms with van der Waals surface area (Å²) < 4.78 is 10.7. The van der Waals surface area contributed by atoms with Gasteiger partial charge in [0.2, 0.25) is 5.91 Å². The number of piperazine rings is 1. The van der Waals surface area contributed by atoms with Gasteiger partial charge in [-0.05, 0) is 42.3 Å². The van der Waals surface area contributed by atoms with E-state index in [2.05, 4.69) is 22.3 Å². The number of furan rings is 1. The van der Waals surface area contributed by atoms with Crippen LogP contribution in [-0.2, 0) is 17.8 Å². The molecule has 34 heavy (non-hydrogen) atoms. The van der Waals surface area contributed by atoms with Gasteiger partial charge in [0.1, 0.15) is 11.8 Å². The molecule has 7 heteroatoms. The van der Waals surface area contributed by atoms with E-state index in [1.807, 2.05) is 54.3 Å². The summed E-state index contributed by atoms with van der Waals surface area (Å²) in [6.07, 6.45) is 1.88. The van der Waals surface area contributed by atoms with Gasteiger partial charge in [0.05, 0.1) is 12.9 Å². The minimum Gasteiger partial charge on any atom is -0.494 e. The number of nitrogens with one attached hydrogen (secondary N) is 1. The Kier molecular flexibility index (Phi) is 7.99. The van der Waals surface area contributed by atoms with Gasteiger partial charge in [-0.25, -0.2) is 0 Å². The average molecular weight is 462 g/mol. The molecular weight excluding hydrogens is 430 g/mol. The monoisotopic (exact) mass is 461 g/mol. The minimum absolute atomic E-state index is 0.0653. The van der Waals surface area contributed by atoms with Crippen LogP contribution in [0.2, 0.25) is 0 Å². The summed E-state index contributed by atoms with van der Waals surface area (Å²) in [6, 6.07) is 20.5. The Morgan fingerprint density at radius 1 is 0.941 bits per heavy atom. The van der Waals surface area contributed by atoms with Crippen LogP contribution >= 0.6 is 0 Å². The van der Waals surface area contributed by atoms with Gasteiger partial charge >= 0.3 is 0 Å². The number of rotatable bonds is 9. The van der Waals surface area contributed by atoms with E-state index in [9.17, 15) is 9.59 Å². The molecule has 1 aliphatic heterocycles. The van der Waals surface area contributed by atoms with Gasteiger partial charge in [0.15, 0.2) is 5.76 Å². The summed E-state index contributed by atoms with van der Waals surface area (Å²) in [5, 5.41) is 2.88. The third kappa shape index (κ3) is 6.26. The highest BCUT2D eigenvalue weighted by Crippen LogP contribution is 2.16. The summed E-state index contributed by atoms with van der Waals surface area (Å²) in [5.41, 5.74) is 2.21. The Bertz CT molecular complexity index is 1040. The molecule has 4 rings (SSSR count). The first-order valence-electron chi connectivity index (χ1n) is 11.7. The fourth-order valence-corrected chi connectivity index (χ4v) is 4.15. The van der Waals surface area contributed by atoms with E-state index in [0.29, 0.717) is 26.1 Å². The van der Waals surface area contributed by atoms with Crippen LogP contribution < -0.4 is 10.1 Å². The van der Waals surface area contributed by atoms with E-state index >= 15 is 0 Å². The quantitative estimate of drug-likeness (QED) is 0.529. The molecule has 0 unspecified atom stereocenters.